The van der Waals surface area contributed by atoms with Crippen molar-refractivity contribution in [1.29, 1.82) is 0 Å². The van der Waals surface area contributed by atoms with Crippen LogP contribution in [0.5, 0.6) is 5.75 Å². The summed E-state index contributed by atoms with van der Waals surface area (Å²) in [6.07, 6.45) is -2.72. The van der Waals surface area contributed by atoms with E-state index in [0.717, 1.165) is 22.6 Å². The summed E-state index contributed by atoms with van der Waals surface area (Å²) in [6.45, 7) is -0.0403. The standard InChI is InChI=1S/C48H56ClF3N8O6/c1-27(33-20-34(48(50,51)52)23-35(53)21-33)54-44-38-24-37(42(65-3)25-40(38)55-28(2)56-44)30-4-6-31(7-5-30)45(62)59-17-12-36(13-18-59)66-26-29-10-15-58(16-11-29)46(63)32-8-9-39(49)41(22-32)60-19-14-43(61)57-47(60)64/h8-9,20-25,27,29-31,36H,4-7,10-19,26,53H2,1-3H3,(H,54,55,56)(H,57,61,64)/t27-,30?,31?/m1/s1/i17D2,18D2. The van der Waals surface area contributed by atoms with Crippen molar-refractivity contribution in [2.45, 2.75) is 95.9 Å². The largest absolute Gasteiger partial charge is 0.496 e. The highest BCUT2D eigenvalue weighted by Gasteiger charge is 2.35. The van der Waals surface area contributed by atoms with Gasteiger partial charge in [-0.15, -0.1) is 0 Å². The summed E-state index contributed by atoms with van der Waals surface area (Å²) in [5.41, 5.74) is 7.37. The number of anilines is 3. The van der Waals surface area contributed by atoms with Crippen LogP contribution in [0.1, 0.15) is 115 Å². The van der Waals surface area contributed by atoms with E-state index in [1.54, 1.807) is 50.1 Å². The van der Waals surface area contributed by atoms with Gasteiger partial charge in [0.05, 0.1) is 41.0 Å². The Kier molecular flexibility index (Phi) is 12.4. The number of imide groups is 1. The second-order valence-corrected chi connectivity index (χ2v) is 17.9. The number of likely N-dealkylation sites (tertiary alicyclic amines) is 2. The molecule has 0 radical (unpaired) electrons. The van der Waals surface area contributed by atoms with Crippen LogP contribution >= 0.6 is 11.6 Å². The molecule has 1 atom stereocenters. The highest BCUT2D eigenvalue weighted by atomic mass is 35.5. The Morgan fingerprint density at radius 3 is 2.38 bits per heavy atom. The van der Waals surface area contributed by atoms with E-state index in [-0.39, 0.29) is 66.8 Å². The number of nitrogens with two attached hydrogens (primary N) is 1. The molecule has 4 aliphatic rings. The van der Waals surface area contributed by atoms with Gasteiger partial charge in [-0.25, -0.2) is 14.8 Å². The fourth-order valence-corrected chi connectivity index (χ4v) is 9.52. The van der Waals surface area contributed by atoms with Gasteiger partial charge in [0.2, 0.25) is 11.8 Å². The zero-order valence-corrected chi connectivity index (χ0v) is 37.7. The number of carbonyl (C=O) groups is 4. The fourth-order valence-electron chi connectivity index (χ4n) is 9.30. The number of carbonyl (C=O) groups excluding carboxylic acids is 4. The number of aryl methyl sites for hydroxylation is 1. The molecule has 1 saturated carbocycles. The van der Waals surface area contributed by atoms with E-state index in [4.69, 9.17) is 32.3 Å². The van der Waals surface area contributed by atoms with Crippen molar-refractivity contribution in [1.82, 2.24) is 25.1 Å². The van der Waals surface area contributed by atoms with Gasteiger partial charge in [-0.2, -0.15) is 13.2 Å². The van der Waals surface area contributed by atoms with E-state index in [9.17, 15) is 32.3 Å². The number of fused-ring (bicyclic) bond motifs is 1. The Bertz CT molecular complexity index is 2670. The van der Waals surface area contributed by atoms with Gasteiger partial charge in [-0.05, 0) is 131 Å². The fraction of sp³-hybridized carbons (Fsp3) is 0.500. The summed E-state index contributed by atoms with van der Waals surface area (Å²) < 4.78 is 88.8. The summed E-state index contributed by atoms with van der Waals surface area (Å²) in [7, 11) is 1.54. The first kappa shape index (κ1) is 41.7. The van der Waals surface area contributed by atoms with Crippen molar-refractivity contribution in [2.24, 2.45) is 11.8 Å². The molecule has 0 spiro atoms. The number of benzene rings is 3. The van der Waals surface area contributed by atoms with Crippen LogP contribution in [0.2, 0.25) is 5.02 Å². The van der Waals surface area contributed by atoms with Gasteiger partial charge in [0.25, 0.3) is 5.91 Å². The molecule has 14 nitrogen and oxygen atoms in total. The van der Waals surface area contributed by atoms with Crippen LogP contribution in [0.4, 0.5) is 35.2 Å². The molecule has 3 saturated heterocycles. The Labute approximate surface area is 392 Å². The molecule has 3 aliphatic heterocycles. The number of methoxy groups -OCH3 is 1. The maximum absolute atomic E-state index is 14.2. The van der Waals surface area contributed by atoms with Crippen molar-refractivity contribution in [3.8, 4) is 5.75 Å². The van der Waals surface area contributed by atoms with Gasteiger partial charge in [0.15, 0.2) is 0 Å². The number of rotatable bonds is 11. The van der Waals surface area contributed by atoms with Crippen LogP contribution in [0.15, 0.2) is 48.5 Å². The maximum Gasteiger partial charge on any atom is 0.416 e. The van der Waals surface area contributed by atoms with Crippen molar-refractivity contribution >= 4 is 63.4 Å². The zero-order chi connectivity index (χ0) is 50.4. The first-order valence-electron chi connectivity index (χ1n) is 24.3. The average Bonchev–Trinajstić information content (AvgIpc) is 3.29. The molecule has 4 aromatic rings. The number of nitrogen functional groups attached to an aromatic ring is 1. The number of aromatic nitrogens is 2. The predicted molar refractivity (Wildman–Crippen MR) is 245 cm³/mol. The molecule has 66 heavy (non-hydrogen) atoms. The third kappa shape index (κ3) is 10.5. The number of urea groups is 1. The Hall–Kier alpha value is -5.68. The molecule has 0 bridgehead atoms. The van der Waals surface area contributed by atoms with E-state index in [1.165, 1.54) is 11.0 Å². The molecule has 1 aromatic heterocycles. The smallest absolute Gasteiger partial charge is 0.416 e. The SMILES string of the molecule is [2H]C1([2H])CC(OCC2CCN(C(=O)c3ccc(Cl)c(N4CCC(=O)NC4=O)c3)CC2)CC([2H])([2H])N1C(=O)C1CCC(c2cc3c(N[C@H](C)c4cc(N)cc(C(F)(F)F)c4)nc(C)nc3cc2OC)CC1. The van der Waals surface area contributed by atoms with Crippen LogP contribution in [-0.4, -0.2) is 96.0 Å². The minimum absolute atomic E-state index is 0.0205. The monoisotopic (exact) mass is 936 g/mol. The van der Waals surface area contributed by atoms with Gasteiger partial charge < -0.3 is 30.3 Å². The van der Waals surface area contributed by atoms with Crippen LogP contribution in [0.3, 0.4) is 0 Å². The van der Waals surface area contributed by atoms with E-state index in [0.29, 0.717) is 96.7 Å². The van der Waals surface area contributed by atoms with Gasteiger partial charge in [-0.1, -0.05) is 11.6 Å². The summed E-state index contributed by atoms with van der Waals surface area (Å²) >= 11 is 6.38. The third-order valence-electron chi connectivity index (χ3n) is 13.0. The highest BCUT2D eigenvalue weighted by Crippen LogP contribution is 2.43. The van der Waals surface area contributed by atoms with Gasteiger partial charge in [-0.3, -0.25) is 24.6 Å². The first-order valence-corrected chi connectivity index (χ1v) is 22.7. The minimum atomic E-state index is -4.58. The number of hydrogen-bond donors (Lipinski definition) is 3. The van der Waals surface area contributed by atoms with Gasteiger partial charge in [0.1, 0.15) is 17.4 Å². The van der Waals surface area contributed by atoms with Crippen LogP contribution < -0.4 is 26.0 Å². The van der Waals surface area contributed by atoms with Crippen LogP contribution in [0, 0.1) is 18.8 Å². The molecule has 1 aliphatic carbocycles. The number of nitrogens with one attached hydrogen (secondary N) is 2. The van der Waals surface area contributed by atoms with E-state index >= 15 is 0 Å². The van der Waals surface area contributed by atoms with Gasteiger partial charge >= 0.3 is 12.2 Å². The lowest BCUT2D eigenvalue weighted by Gasteiger charge is -2.37. The summed E-state index contributed by atoms with van der Waals surface area (Å²) in [5.74, 6) is -0.497. The molecule has 18 heteroatoms. The van der Waals surface area contributed by atoms with Crippen LogP contribution in [0.25, 0.3) is 10.9 Å². The maximum atomic E-state index is 14.2. The molecule has 4 fully saturated rings. The number of halogens is 4. The molecule has 8 rings (SSSR count). The number of ether oxygens (including phenoxy) is 2. The van der Waals surface area contributed by atoms with Crippen LogP contribution in [-0.2, 0) is 20.5 Å². The van der Waals surface area contributed by atoms with E-state index < -0.39 is 54.7 Å². The van der Waals surface area contributed by atoms with Gasteiger partial charge in [0, 0.05) is 79.8 Å². The Balaban J connectivity index is 0.865. The molecule has 352 valence electrons. The van der Waals surface area contributed by atoms with Crippen molar-refractivity contribution in [3.63, 3.8) is 0 Å². The summed E-state index contributed by atoms with van der Waals surface area (Å²) in [5, 5.41) is 6.41. The lowest BCUT2D eigenvalue weighted by molar-refractivity contribution is -0.139. The molecule has 0 unspecified atom stereocenters. The van der Waals surface area contributed by atoms with Crippen molar-refractivity contribution in [2.75, 3.05) is 62.3 Å². The predicted octanol–water partition coefficient (Wildman–Crippen LogP) is 8.65. The summed E-state index contributed by atoms with van der Waals surface area (Å²) in [6, 6.07) is 10.6. The number of hydrogen-bond acceptors (Lipinski definition) is 10. The molecule has 5 amide bonds. The minimum Gasteiger partial charge on any atom is -0.496 e. The second kappa shape index (κ2) is 19.7. The topological polar surface area (TPSA) is 172 Å². The molecule has 4 heterocycles. The lowest BCUT2D eigenvalue weighted by atomic mass is 9.77. The van der Waals surface area contributed by atoms with E-state index in [1.807, 2.05) is 6.07 Å². The summed E-state index contributed by atoms with van der Waals surface area (Å²) in [4.78, 5) is 64.9. The molecule has 3 aromatic carbocycles. The number of alkyl halides is 3. The second-order valence-electron chi connectivity index (χ2n) is 17.5. The third-order valence-corrected chi connectivity index (χ3v) is 13.3. The quantitative estimate of drug-likeness (QED) is 0.124. The van der Waals surface area contributed by atoms with E-state index in [2.05, 4.69) is 20.6 Å². The number of piperidine rings is 2. The highest BCUT2D eigenvalue weighted by molar-refractivity contribution is 6.34. The normalized spacial score (nSPS) is 23.0. The molecular formula is C48H56ClF3N8O6. The zero-order valence-electron chi connectivity index (χ0n) is 41.0. The number of amides is 5. The number of nitrogens with zero attached hydrogens (tertiary/aromatic N) is 5. The average molecular weight is 937 g/mol. The molecular weight excluding hydrogens is 877 g/mol. The van der Waals surface area contributed by atoms with Crippen molar-refractivity contribution in [3.05, 3.63) is 81.6 Å². The molecule has 4 N–H and O–H groups in total. The van der Waals surface area contributed by atoms with Crippen molar-refractivity contribution < 1.29 is 47.3 Å². The lowest BCUT2D eigenvalue weighted by Crippen LogP contribution is -2.49. The Morgan fingerprint density at radius 1 is 0.970 bits per heavy atom. The first-order chi connectivity index (χ1) is 33.0. The Morgan fingerprint density at radius 2 is 1.70 bits per heavy atom.